The van der Waals surface area contributed by atoms with E-state index in [4.69, 9.17) is 17.0 Å². The molecule has 0 radical (unpaired) electrons. The summed E-state index contributed by atoms with van der Waals surface area (Å²) in [6.45, 7) is 9.06. The summed E-state index contributed by atoms with van der Waals surface area (Å²) in [4.78, 5) is 19.9. The smallest absolute Gasteiger partial charge is 0.226 e. The Labute approximate surface area is 241 Å². The summed E-state index contributed by atoms with van der Waals surface area (Å²) < 4.78 is 7.73. The number of nitrogens with one attached hydrogen (secondary N) is 2. The molecule has 0 spiro atoms. The number of thiocarbonyl (C=S) groups is 1. The predicted molar refractivity (Wildman–Crippen MR) is 163 cm³/mol. The maximum Gasteiger partial charge on any atom is 0.226 e. The Hall–Kier alpha value is -4.17. The standard InChI is InChI=1S/C32H35N5O2S/c1-20-11-10-12-21(2)30(20)37-22(3)19-24(23(37)4)31-29(26-14-8-9-17-33-26)35-32(40)36(31)18-16-28(38)34-25-13-6-7-15-27(25)39-5/h6-15,17,19,29,31H,16,18H2,1-5H3,(H,34,38)(H,35,40)/t29-,31+/m0/s1. The first-order chi connectivity index (χ1) is 19.3. The molecule has 3 heterocycles. The third kappa shape index (κ3) is 5.19. The maximum atomic E-state index is 13.1. The van der Waals surface area contributed by atoms with Crippen LogP contribution in [0.15, 0.2) is 72.9 Å². The predicted octanol–water partition coefficient (Wildman–Crippen LogP) is 6.12. The van der Waals surface area contributed by atoms with Gasteiger partial charge in [-0.1, -0.05) is 36.4 Å². The summed E-state index contributed by atoms with van der Waals surface area (Å²) in [6, 6.07) is 21.7. The van der Waals surface area contributed by atoms with Crippen LogP contribution < -0.4 is 15.4 Å². The number of carbonyl (C=O) groups excluding carboxylic acids is 1. The van der Waals surface area contributed by atoms with Crippen LogP contribution in [0.4, 0.5) is 5.69 Å². The third-order valence-corrected chi connectivity index (χ3v) is 7.96. The molecule has 40 heavy (non-hydrogen) atoms. The van der Waals surface area contributed by atoms with E-state index >= 15 is 0 Å². The van der Waals surface area contributed by atoms with Crippen LogP contribution in [-0.2, 0) is 4.79 Å². The number of hydrogen-bond acceptors (Lipinski definition) is 4. The van der Waals surface area contributed by atoms with Crippen molar-refractivity contribution in [3.05, 3.63) is 107 Å². The fourth-order valence-corrected chi connectivity index (χ4v) is 6.09. The van der Waals surface area contributed by atoms with E-state index in [9.17, 15) is 4.79 Å². The van der Waals surface area contributed by atoms with Gasteiger partial charge in [0.1, 0.15) is 5.75 Å². The molecule has 1 aliphatic heterocycles. The lowest BCUT2D eigenvalue weighted by molar-refractivity contribution is -0.116. The van der Waals surface area contributed by atoms with Crippen molar-refractivity contribution in [2.45, 2.75) is 46.2 Å². The van der Waals surface area contributed by atoms with E-state index in [2.05, 4.69) is 77.0 Å². The number of amides is 1. The molecule has 0 aliphatic carbocycles. The fourth-order valence-electron chi connectivity index (χ4n) is 5.76. The van der Waals surface area contributed by atoms with E-state index in [0.717, 1.165) is 22.6 Å². The zero-order valence-corrected chi connectivity index (χ0v) is 24.4. The Balaban J connectivity index is 1.49. The number of benzene rings is 2. The van der Waals surface area contributed by atoms with Gasteiger partial charge in [0.15, 0.2) is 5.11 Å². The molecule has 5 rings (SSSR count). The van der Waals surface area contributed by atoms with Gasteiger partial charge in [-0.3, -0.25) is 9.78 Å². The molecule has 0 unspecified atom stereocenters. The van der Waals surface area contributed by atoms with E-state index < -0.39 is 0 Å². The summed E-state index contributed by atoms with van der Waals surface area (Å²) in [5.74, 6) is 0.523. The number of aromatic nitrogens is 2. The quantitative estimate of drug-likeness (QED) is 0.256. The molecule has 8 heteroatoms. The van der Waals surface area contributed by atoms with Gasteiger partial charge < -0.3 is 24.8 Å². The van der Waals surface area contributed by atoms with Crippen molar-refractivity contribution in [2.24, 2.45) is 0 Å². The molecule has 0 bridgehead atoms. The highest BCUT2D eigenvalue weighted by Crippen LogP contribution is 2.42. The number of para-hydroxylation sites is 3. The van der Waals surface area contributed by atoms with E-state index in [1.54, 1.807) is 13.3 Å². The van der Waals surface area contributed by atoms with Crippen molar-refractivity contribution in [1.29, 1.82) is 0 Å². The van der Waals surface area contributed by atoms with Gasteiger partial charge in [0.25, 0.3) is 0 Å². The molecule has 0 saturated carbocycles. The van der Waals surface area contributed by atoms with Crippen molar-refractivity contribution in [1.82, 2.24) is 19.8 Å². The van der Waals surface area contributed by atoms with E-state index in [0.29, 0.717) is 23.1 Å². The van der Waals surface area contributed by atoms with E-state index in [1.165, 1.54) is 16.8 Å². The molecule has 1 saturated heterocycles. The number of nitrogens with zero attached hydrogens (tertiary/aromatic N) is 3. The number of carbonyl (C=O) groups is 1. The monoisotopic (exact) mass is 553 g/mol. The maximum absolute atomic E-state index is 13.1. The molecule has 2 atom stereocenters. The van der Waals surface area contributed by atoms with Gasteiger partial charge in [0.2, 0.25) is 5.91 Å². The minimum atomic E-state index is -0.155. The van der Waals surface area contributed by atoms with Crippen molar-refractivity contribution in [3.8, 4) is 11.4 Å². The fraction of sp³-hybridized carbons (Fsp3) is 0.281. The van der Waals surface area contributed by atoms with Gasteiger partial charge in [-0.25, -0.2) is 0 Å². The molecule has 206 valence electrons. The number of pyridine rings is 1. The summed E-state index contributed by atoms with van der Waals surface area (Å²) in [7, 11) is 1.59. The van der Waals surface area contributed by atoms with Crippen LogP contribution in [0.1, 0.15) is 52.3 Å². The molecule has 1 aliphatic rings. The number of ether oxygens (including phenoxy) is 1. The summed E-state index contributed by atoms with van der Waals surface area (Å²) in [5, 5.41) is 7.11. The molecular weight excluding hydrogens is 518 g/mol. The molecule has 1 amide bonds. The Kier molecular flexibility index (Phi) is 7.89. The van der Waals surface area contributed by atoms with Gasteiger partial charge in [0.05, 0.1) is 36.3 Å². The van der Waals surface area contributed by atoms with Crippen molar-refractivity contribution >= 4 is 28.9 Å². The largest absolute Gasteiger partial charge is 0.495 e. The van der Waals surface area contributed by atoms with Crippen LogP contribution in [0.5, 0.6) is 5.75 Å². The molecule has 2 aromatic heterocycles. The van der Waals surface area contributed by atoms with Crippen LogP contribution in [0.2, 0.25) is 0 Å². The lowest BCUT2D eigenvalue weighted by atomic mass is 9.96. The van der Waals surface area contributed by atoms with Crippen molar-refractivity contribution in [3.63, 3.8) is 0 Å². The molecule has 1 fully saturated rings. The topological polar surface area (TPSA) is 71.4 Å². The van der Waals surface area contributed by atoms with Gasteiger partial charge >= 0.3 is 0 Å². The average Bonchev–Trinajstić information content (AvgIpc) is 3.43. The molecule has 7 nitrogen and oxygen atoms in total. The Morgan fingerprint density at radius 1 is 1.02 bits per heavy atom. The first-order valence-corrected chi connectivity index (χ1v) is 13.9. The minimum Gasteiger partial charge on any atom is -0.495 e. The highest BCUT2D eigenvalue weighted by molar-refractivity contribution is 7.80. The van der Waals surface area contributed by atoms with Gasteiger partial charge in [-0.05, 0) is 86.9 Å². The number of methoxy groups -OCH3 is 1. The zero-order chi connectivity index (χ0) is 28.4. The third-order valence-electron chi connectivity index (χ3n) is 7.61. The van der Waals surface area contributed by atoms with Crippen LogP contribution in [0, 0.1) is 27.7 Å². The molecular formula is C32H35N5O2S. The van der Waals surface area contributed by atoms with Gasteiger partial charge in [-0.2, -0.15) is 0 Å². The zero-order valence-electron chi connectivity index (χ0n) is 23.6. The Morgan fingerprint density at radius 3 is 2.45 bits per heavy atom. The Bertz CT molecular complexity index is 1530. The molecule has 4 aromatic rings. The summed E-state index contributed by atoms with van der Waals surface area (Å²) in [6.07, 6.45) is 2.07. The second-order valence-corrected chi connectivity index (χ2v) is 10.6. The Morgan fingerprint density at radius 2 is 1.75 bits per heavy atom. The van der Waals surface area contributed by atoms with Crippen molar-refractivity contribution < 1.29 is 9.53 Å². The van der Waals surface area contributed by atoms with Gasteiger partial charge in [-0.15, -0.1) is 0 Å². The summed E-state index contributed by atoms with van der Waals surface area (Å²) in [5.41, 5.74) is 8.67. The second-order valence-electron chi connectivity index (χ2n) is 10.2. The van der Waals surface area contributed by atoms with Crippen LogP contribution >= 0.6 is 12.2 Å². The first kappa shape index (κ1) is 27.4. The van der Waals surface area contributed by atoms with E-state index in [-0.39, 0.29) is 24.4 Å². The second kappa shape index (κ2) is 11.5. The van der Waals surface area contributed by atoms with Gasteiger partial charge in [0, 0.05) is 30.6 Å². The highest BCUT2D eigenvalue weighted by Gasteiger charge is 2.41. The summed E-state index contributed by atoms with van der Waals surface area (Å²) >= 11 is 5.86. The minimum absolute atomic E-state index is 0.103. The number of aryl methyl sites for hydroxylation is 3. The van der Waals surface area contributed by atoms with E-state index in [1.807, 2.05) is 42.5 Å². The lowest BCUT2D eigenvalue weighted by Crippen LogP contribution is -2.33. The van der Waals surface area contributed by atoms with Crippen LogP contribution in [0.25, 0.3) is 5.69 Å². The van der Waals surface area contributed by atoms with Crippen LogP contribution in [0.3, 0.4) is 0 Å². The number of hydrogen-bond donors (Lipinski definition) is 2. The average molecular weight is 554 g/mol. The SMILES string of the molecule is COc1ccccc1NC(=O)CCN1C(=S)N[C@@H](c2ccccn2)[C@H]1c1cc(C)n(-c2c(C)cccc2C)c1C. The molecule has 2 N–H and O–H groups in total. The van der Waals surface area contributed by atoms with Crippen molar-refractivity contribution in [2.75, 3.05) is 19.0 Å². The normalized spacial score (nSPS) is 16.6. The first-order valence-electron chi connectivity index (χ1n) is 13.5. The molecule has 2 aromatic carbocycles. The lowest BCUT2D eigenvalue weighted by Gasteiger charge is -2.28. The number of anilines is 1. The van der Waals surface area contributed by atoms with Crippen LogP contribution in [-0.4, -0.2) is 39.1 Å². The highest BCUT2D eigenvalue weighted by atomic mass is 32.1. The number of rotatable bonds is 8.